The second-order valence-electron chi connectivity index (χ2n) is 12.5. The minimum absolute atomic E-state index is 0. The summed E-state index contributed by atoms with van der Waals surface area (Å²) in [5.41, 5.74) is 2.56. The van der Waals surface area contributed by atoms with Gasteiger partial charge in [0.15, 0.2) is 0 Å². The largest absolute Gasteiger partial charge is 0.506 e. The van der Waals surface area contributed by atoms with Crippen molar-refractivity contribution in [3.05, 3.63) is 82.1 Å². The summed E-state index contributed by atoms with van der Waals surface area (Å²) in [6.45, 7) is 17.9. The molecular weight excluding hydrogens is 625 g/mol. The summed E-state index contributed by atoms with van der Waals surface area (Å²) in [6, 6.07) is 14.1. The normalized spacial score (nSPS) is 11.1. The average Bonchev–Trinajstić information content (AvgIpc) is 2.96. The van der Waals surface area contributed by atoms with E-state index < -0.39 is 0 Å². The van der Waals surface area contributed by atoms with Crippen LogP contribution in [-0.4, -0.2) is 80.4 Å². The molecule has 2 aromatic heterocycles. The molecule has 0 bridgehead atoms. The van der Waals surface area contributed by atoms with Gasteiger partial charge in [-0.1, -0.05) is 29.3 Å². The third-order valence-corrected chi connectivity index (χ3v) is 6.54. The summed E-state index contributed by atoms with van der Waals surface area (Å²) in [4.78, 5) is 29.8. The van der Waals surface area contributed by atoms with Crippen molar-refractivity contribution in [3.8, 4) is 0 Å². The van der Waals surface area contributed by atoms with E-state index in [0.717, 1.165) is 27.4 Å². The molecule has 0 saturated heterocycles. The standard InChI is InChI=1S/C11H8ClNO2.C10H8ClNO.C8H18O2.C4H9O.Al.Li.H/c1-15-11(14)7-2-3-10-8(6-7)9(12)4-5-13-10;11-9-3-4-12-10-2-1-7(6-13)5-8(9)10;1-7(2,3)9-10-8(4,5)6;1-4(2,3)5;;;/h2-6H,1H3;1-5,13H,6H2;1-6H3;1-3H3;;;/q;;;-1;+1;;. The Hall–Kier alpha value is -1.72. The van der Waals surface area contributed by atoms with Gasteiger partial charge in [-0.25, -0.2) is 14.6 Å². The number of esters is 1. The summed E-state index contributed by atoms with van der Waals surface area (Å²) in [5, 5.41) is 11.8. The van der Waals surface area contributed by atoms with Crippen LogP contribution in [0.4, 0.5) is 0 Å². The quantitative estimate of drug-likeness (QED) is 0.102. The maximum absolute atomic E-state index is 11.3. The summed E-state index contributed by atoms with van der Waals surface area (Å²) in [5.74, 6) is -0.378. The first kappa shape index (κ1) is 43.3. The molecule has 12 heteroatoms. The van der Waals surface area contributed by atoms with Gasteiger partial charge in [0.2, 0.25) is 0 Å². The first-order chi connectivity index (χ1) is 20.3. The van der Waals surface area contributed by atoms with Gasteiger partial charge in [-0.05, 0) is 110 Å². The van der Waals surface area contributed by atoms with Crippen molar-refractivity contribution in [2.45, 2.75) is 85.7 Å². The van der Waals surface area contributed by atoms with Crippen molar-refractivity contribution in [3.63, 3.8) is 0 Å². The Kier molecular flexibility index (Phi) is 19.1. The Bertz CT molecular complexity index is 1470. The Balaban J connectivity index is 0.000000597. The molecule has 240 valence electrons. The van der Waals surface area contributed by atoms with Crippen LogP contribution in [-0.2, 0) is 24.9 Å². The van der Waals surface area contributed by atoms with Gasteiger partial charge < -0.3 is 13.6 Å². The van der Waals surface area contributed by atoms with E-state index in [2.05, 4.69) is 14.7 Å². The molecule has 0 unspecified atom stereocenters. The number of ether oxygens (including phenoxy) is 1. The summed E-state index contributed by atoms with van der Waals surface area (Å²) < 4.78 is 9.59. The van der Waals surface area contributed by atoms with Gasteiger partial charge in [0.25, 0.3) is 0 Å². The minimum Gasteiger partial charge on any atom is -0.506 e. The Morgan fingerprint density at radius 1 is 0.756 bits per heavy atom. The van der Waals surface area contributed by atoms with E-state index in [0.29, 0.717) is 15.6 Å². The van der Waals surface area contributed by atoms with E-state index in [4.69, 9.17) is 41.9 Å². The van der Waals surface area contributed by atoms with Crippen molar-refractivity contribution in [2.24, 2.45) is 0 Å². The van der Waals surface area contributed by atoms with Gasteiger partial charge in [0, 0.05) is 47.6 Å². The van der Waals surface area contributed by atoms with Crippen LogP contribution in [0, 0.1) is 0 Å². The monoisotopic (exact) mass is 668 g/mol. The number of halogens is 2. The number of carbonyl (C=O) groups is 1. The summed E-state index contributed by atoms with van der Waals surface area (Å²) in [6.07, 6.45) is 3.30. The number of fused-ring (bicyclic) bond motifs is 2. The van der Waals surface area contributed by atoms with Crippen LogP contribution < -0.4 is 0 Å². The molecule has 1 N–H and O–H groups in total. The molecule has 2 heterocycles. The van der Waals surface area contributed by atoms with E-state index in [9.17, 15) is 4.79 Å². The average molecular weight is 670 g/mol. The van der Waals surface area contributed by atoms with E-state index in [1.54, 1.807) is 42.7 Å². The molecule has 8 nitrogen and oxygen atoms in total. The molecule has 0 aliphatic rings. The zero-order chi connectivity index (χ0) is 33.7. The number of nitrogens with zero attached hydrogens (tertiary/aromatic N) is 2. The molecule has 0 aliphatic carbocycles. The smallest absolute Gasteiger partial charge is 0.394 e. The Labute approximate surface area is 298 Å². The van der Waals surface area contributed by atoms with Crippen molar-refractivity contribution in [1.29, 1.82) is 0 Å². The van der Waals surface area contributed by atoms with E-state index in [1.165, 1.54) is 23.7 Å². The van der Waals surface area contributed by atoms with Crippen LogP contribution in [0.2, 0.25) is 10.0 Å². The number of pyridine rings is 2. The first-order valence-corrected chi connectivity index (χ1v) is 15.2. The number of rotatable bonds is 3. The molecule has 2 radical (unpaired) electrons. The van der Waals surface area contributed by atoms with E-state index >= 15 is 0 Å². The maximum Gasteiger partial charge on any atom is 0.394 e. The fourth-order valence-corrected chi connectivity index (χ4v) is 3.28. The molecule has 4 rings (SSSR count). The number of aromatic nitrogens is 2. The molecule has 2 aromatic carbocycles. The molecule has 45 heavy (non-hydrogen) atoms. The SMILES string of the molecule is CC(C)(C)OOC(C)(C)C.CC(C)(C)[O][AlH].COC(=O)c1ccc2nccc(Cl)c2c1.OCc1ccc2nccc(Cl)c2c1.[Li]. The van der Waals surface area contributed by atoms with Crippen molar-refractivity contribution in [2.75, 3.05) is 7.11 Å². The predicted molar refractivity (Wildman–Crippen MR) is 186 cm³/mol. The third kappa shape index (κ3) is 17.7. The molecule has 0 saturated carbocycles. The second-order valence-corrected chi connectivity index (χ2v) is 13.6. The summed E-state index contributed by atoms with van der Waals surface area (Å²) >= 11 is 13.5. The van der Waals surface area contributed by atoms with Gasteiger partial charge >= 0.3 is 22.6 Å². The molecule has 0 fully saturated rings. The Morgan fingerprint density at radius 2 is 1.18 bits per heavy atom. The number of hydrogen-bond donors (Lipinski definition) is 1. The number of hydrogen-bond acceptors (Lipinski definition) is 8. The fraction of sp³-hybridized carbons (Fsp3) is 0.424. The van der Waals surface area contributed by atoms with Crippen LogP contribution in [0.25, 0.3) is 21.8 Å². The summed E-state index contributed by atoms with van der Waals surface area (Å²) in [7, 11) is 1.34. The predicted octanol–water partition coefficient (Wildman–Crippen LogP) is 7.82. The fourth-order valence-electron chi connectivity index (χ4n) is 2.87. The zero-order valence-electron chi connectivity index (χ0n) is 28.3. The Morgan fingerprint density at radius 3 is 1.56 bits per heavy atom. The maximum atomic E-state index is 11.3. The van der Waals surface area contributed by atoms with Crippen molar-refractivity contribution in [1.82, 2.24) is 9.97 Å². The zero-order valence-corrected chi connectivity index (χ0v) is 31.3. The van der Waals surface area contributed by atoms with E-state index in [-0.39, 0.29) is 48.2 Å². The first-order valence-electron chi connectivity index (χ1n) is 13.9. The van der Waals surface area contributed by atoms with Gasteiger partial charge in [-0.2, -0.15) is 0 Å². The number of carbonyl (C=O) groups excluding carboxylic acids is 1. The molecule has 0 atom stereocenters. The second kappa shape index (κ2) is 19.8. The number of methoxy groups -OCH3 is 1. The minimum atomic E-state index is -0.378. The van der Waals surface area contributed by atoms with Crippen LogP contribution in [0.5, 0.6) is 0 Å². The van der Waals surface area contributed by atoms with Gasteiger partial charge in [0.05, 0.1) is 51.6 Å². The molecule has 4 aromatic rings. The molecular formula is C33H44AlCl2LiN2O6. The van der Waals surface area contributed by atoms with Crippen LogP contribution in [0.15, 0.2) is 60.9 Å². The van der Waals surface area contributed by atoms with Gasteiger partial charge in [-0.3, -0.25) is 9.97 Å². The van der Waals surface area contributed by atoms with Crippen LogP contribution in [0.1, 0.15) is 78.2 Å². The topological polar surface area (TPSA) is 100 Å². The number of benzene rings is 2. The molecule has 0 amide bonds. The third-order valence-electron chi connectivity index (χ3n) is 5.02. The number of aliphatic hydroxyl groups excluding tert-OH is 1. The molecule has 0 aliphatic heterocycles. The van der Waals surface area contributed by atoms with Crippen LogP contribution >= 0.6 is 23.2 Å². The molecule has 0 spiro atoms. The van der Waals surface area contributed by atoms with Crippen LogP contribution in [0.3, 0.4) is 0 Å². The van der Waals surface area contributed by atoms with Gasteiger partial charge in [-0.15, -0.1) is 0 Å². The number of aliphatic hydroxyl groups is 1. The van der Waals surface area contributed by atoms with E-state index in [1.807, 2.05) is 80.5 Å². The van der Waals surface area contributed by atoms with Gasteiger partial charge in [0.1, 0.15) is 0 Å². The van der Waals surface area contributed by atoms with Crippen molar-refractivity contribution < 1.29 is 28.2 Å². The van der Waals surface area contributed by atoms with Crippen molar-refractivity contribution >= 4 is 86.5 Å².